The number of hydrogen-bond acceptors (Lipinski definition) is 5. The molecule has 0 spiro atoms. The standard InChI is InChI=1S/C22H24N6O/c1-4-18(20-17-24-28-10-2-7-23-22(20)28)16-19(5-1)21-6-11-27(25-21)9-3-8-26-12-14-29-15-13-26/h1-2,4-7,10-11,16-17H,3,8-9,12-15H2. The molecule has 29 heavy (non-hydrogen) atoms. The number of morpholine rings is 1. The summed E-state index contributed by atoms with van der Waals surface area (Å²) in [7, 11) is 0. The number of fused-ring (bicyclic) bond motifs is 1. The zero-order valence-electron chi connectivity index (χ0n) is 16.3. The van der Waals surface area contributed by atoms with E-state index < -0.39 is 0 Å². The zero-order valence-corrected chi connectivity index (χ0v) is 16.3. The average Bonchev–Trinajstić information content (AvgIpc) is 3.42. The van der Waals surface area contributed by atoms with Crippen LogP contribution in [0.2, 0.25) is 0 Å². The van der Waals surface area contributed by atoms with Crippen LogP contribution in [0, 0.1) is 0 Å². The molecule has 1 aliphatic rings. The van der Waals surface area contributed by atoms with Crippen molar-refractivity contribution >= 4 is 5.65 Å². The van der Waals surface area contributed by atoms with Gasteiger partial charge in [-0.15, -0.1) is 0 Å². The van der Waals surface area contributed by atoms with Crippen molar-refractivity contribution in [3.63, 3.8) is 0 Å². The summed E-state index contributed by atoms with van der Waals surface area (Å²) in [6.07, 6.45) is 8.73. The molecule has 7 heteroatoms. The summed E-state index contributed by atoms with van der Waals surface area (Å²) >= 11 is 0. The van der Waals surface area contributed by atoms with Crippen LogP contribution in [-0.2, 0) is 11.3 Å². The van der Waals surface area contributed by atoms with Gasteiger partial charge >= 0.3 is 0 Å². The van der Waals surface area contributed by atoms with E-state index in [1.807, 2.05) is 23.1 Å². The lowest BCUT2D eigenvalue weighted by atomic mass is 10.0. The van der Waals surface area contributed by atoms with E-state index in [0.717, 1.165) is 73.8 Å². The predicted molar refractivity (Wildman–Crippen MR) is 112 cm³/mol. The van der Waals surface area contributed by atoms with Gasteiger partial charge < -0.3 is 4.74 Å². The third-order valence-corrected chi connectivity index (χ3v) is 5.35. The molecule has 0 radical (unpaired) electrons. The summed E-state index contributed by atoms with van der Waals surface area (Å²) in [5, 5.41) is 9.18. The van der Waals surface area contributed by atoms with Gasteiger partial charge in [-0.3, -0.25) is 9.58 Å². The Morgan fingerprint density at radius 3 is 2.79 bits per heavy atom. The molecule has 4 heterocycles. The van der Waals surface area contributed by atoms with Crippen LogP contribution in [-0.4, -0.2) is 62.1 Å². The van der Waals surface area contributed by atoms with Crippen LogP contribution < -0.4 is 0 Å². The number of aromatic nitrogens is 5. The van der Waals surface area contributed by atoms with E-state index in [-0.39, 0.29) is 0 Å². The SMILES string of the molecule is c1cc(-c2ccn(CCCN3CCOCC3)n2)cc(-c2cnn3cccnc23)c1. The van der Waals surface area contributed by atoms with E-state index in [0.29, 0.717) is 0 Å². The Morgan fingerprint density at radius 1 is 0.966 bits per heavy atom. The summed E-state index contributed by atoms with van der Waals surface area (Å²) in [5.74, 6) is 0. The fourth-order valence-corrected chi connectivity index (χ4v) is 3.80. The topological polar surface area (TPSA) is 60.5 Å². The van der Waals surface area contributed by atoms with Crippen molar-refractivity contribution in [2.45, 2.75) is 13.0 Å². The summed E-state index contributed by atoms with van der Waals surface area (Å²) in [6.45, 7) is 5.80. The molecule has 1 aliphatic heterocycles. The first kappa shape index (κ1) is 18.0. The molecule has 148 valence electrons. The zero-order chi connectivity index (χ0) is 19.5. The highest BCUT2D eigenvalue weighted by molar-refractivity contribution is 5.79. The first-order chi connectivity index (χ1) is 14.4. The van der Waals surface area contributed by atoms with E-state index in [1.54, 1.807) is 10.7 Å². The van der Waals surface area contributed by atoms with Gasteiger partial charge in [-0.25, -0.2) is 9.50 Å². The van der Waals surface area contributed by atoms with E-state index in [1.165, 1.54) is 0 Å². The smallest absolute Gasteiger partial charge is 0.162 e. The fraction of sp³-hybridized carbons (Fsp3) is 0.318. The van der Waals surface area contributed by atoms with Gasteiger partial charge in [-0.1, -0.05) is 18.2 Å². The van der Waals surface area contributed by atoms with Crippen LogP contribution in [0.4, 0.5) is 0 Å². The minimum Gasteiger partial charge on any atom is -0.379 e. The number of aryl methyl sites for hydroxylation is 1. The number of hydrogen-bond donors (Lipinski definition) is 0. The van der Waals surface area contributed by atoms with Crippen molar-refractivity contribution in [1.82, 2.24) is 29.3 Å². The molecule has 1 saturated heterocycles. The highest BCUT2D eigenvalue weighted by Crippen LogP contribution is 2.27. The van der Waals surface area contributed by atoms with Crippen molar-refractivity contribution in [3.05, 3.63) is 61.2 Å². The molecule has 4 aromatic rings. The lowest BCUT2D eigenvalue weighted by Gasteiger charge is -2.26. The second kappa shape index (κ2) is 8.14. The van der Waals surface area contributed by atoms with E-state index in [2.05, 4.69) is 51.5 Å². The molecule has 0 saturated carbocycles. The Morgan fingerprint density at radius 2 is 1.86 bits per heavy atom. The minimum absolute atomic E-state index is 0.852. The molecule has 5 rings (SSSR count). The molecule has 0 unspecified atom stereocenters. The average molecular weight is 388 g/mol. The van der Waals surface area contributed by atoms with Crippen molar-refractivity contribution in [2.75, 3.05) is 32.8 Å². The van der Waals surface area contributed by atoms with Crippen molar-refractivity contribution in [1.29, 1.82) is 0 Å². The molecule has 0 bridgehead atoms. The van der Waals surface area contributed by atoms with Gasteiger partial charge in [0.25, 0.3) is 0 Å². The fourth-order valence-electron chi connectivity index (χ4n) is 3.80. The first-order valence-electron chi connectivity index (χ1n) is 10.1. The normalized spacial score (nSPS) is 15.2. The van der Waals surface area contributed by atoms with Gasteiger partial charge in [0.2, 0.25) is 0 Å². The maximum atomic E-state index is 5.41. The van der Waals surface area contributed by atoms with Crippen LogP contribution in [0.15, 0.2) is 61.2 Å². The maximum absolute atomic E-state index is 5.41. The van der Waals surface area contributed by atoms with Crippen molar-refractivity contribution < 1.29 is 4.74 Å². The van der Waals surface area contributed by atoms with Crippen LogP contribution in [0.3, 0.4) is 0 Å². The number of rotatable bonds is 6. The summed E-state index contributed by atoms with van der Waals surface area (Å²) < 4.78 is 9.25. The van der Waals surface area contributed by atoms with Gasteiger partial charge in [0.15, 0.2) is 5.65 Å². The Balaban J connectivity index is 1.30. The lowest BCUT2D eigenvalue weighted by Crippen LogP contribution is -2.37. The summed E-state index contributed by atoms with van der Waals surface area (Å²) in [6, 6.07) is 12.4. The molecule has 0 atom stereocenters. The molecule has 0 N–H and O–H groups in total. The number of ether oxygens (including phenoxy) is 1. The van der Waals surface area contributed by atoms with Gasteiger partial charge in [0.1, 0.15) is 0 Å². The summed E-state index contributed by atoms with van der Waals surface area (Å²) in [4.78, 5) is 6.93. The summed E-state index contributed by atoms with van der Waals surface area (Å²) in [5.41, 5.74) is 5.07. The van der Waals surface area contributed by atoms with Crippen LogP contribution in [0.1, 0.15) is 6.42 Å². The molecule has 1 aromatic carbocycles. The lowest BCUT2D eigenvalue weighted by molar-refractivity contribution is 0.0368. The Labute approximate surface area is 169 Å². The second-order valence-corrected chi connectivity index (χ2v) is 7.30. The van der Waals surface area contributed by atoms with Crippen molar-refractivity contribution in [2.24, 2.45) is 0 Å². The quantitative estimate of drug-likeness (QED) is 0.508. The van der Waals surface area contributed by atoms with E-state index in [9.17, 15) is 0 Å². The van der Waals surface area contributed by atoms with E-state index in [4.69, 9.17) is 9.84 Å². The predicted octanol–water partition coefficient (Wildman–Crippen LogP) is 2.98. The minimum atomic E-state index is 0.852. The maximum Gasteiger partial charge on any atom is 0.162 e. The number of benzene rings is 1. The Bertz CT molecular complexity index is 1100. The monoisotopic (exact) mass is 388 g/mol. The highest BCUT2D eigenvalue weighted by Gasteiger charge is 2.11. The molecule has 3 aromatic heterocycles. The largest absolute Gasteiger partial charge is 0.379 e. The molecule has 7 nitrogen and oxygen atoms in total. The van der Waals surface area contributed by atoms with Crippen LogP contribution in [0.5, 0.6) is 0 Å². The third kappa shape index (κ3) is 3.92. The second-order valence-electron chi connectivity index (χ2n) is 7.30. The van der Waals surface area contributed by atoms with Crippen LogP contribution in [0.25, 0.3) is 28.0 Å². The third-order valence-electron chi connectivity index (χ3n) is 5.35. The van der Waals surface area contributed by atoms with Gasteiger partial charge in [0, 0.05) is 55.9 Å². The molecule has 0 aliphatic carbocycles. The van der Waals surface area contributed by atoms with E-state index >= 15 is 0 Å². The van der Waals surface area contributed by atoms with Gasteiger partial charge in [-0.05, 0) is 30.2 Å². The highest BCUT2D eigenvalue weighted by atomic mass is 16.5. The Kier molecular flexibility index (Phi) is 5.06. The Hall–Kier alpha value is -3.03. The van der Waals surface area contributed by atoms with Gasteiger partial charge in [-0.2, -0.15) is 10.2 Å². The molecule has 0 amide bonds. The molecule has 1 fully saturated rings. The van der Waals surface area contributed by atoms with Crippen molar-refractivity contribution in [3.8, 4) is 22.4 Å². The number of nitrogens with zero attached hydrogens (tertiary/aromatic N) is 6. The molecular weight excluding hydrogens is 364 g/mol. The molecular formula is C22H24N6O. The first-order valence-corrected chi connectivity index (χ1v) is 10.1. The van der Waals surface area contributed by atoms with Gasteiger partial charge in [0.05, 0.1) is 25.1 Å². The van der Waals surface area contributed by atoms with Crippen LogP contribution >= 0.6 is 0 Å².